The van der Waals surface area contributed by atoms with Crippen molar-refractivity contribution in [1.29, 1.82) is 0 Å². The minimum atomic E-state index is -0.467. The second-order valence-electron chi connectivity index (χ2n) is 7.66. The third kappa shape index (κ3) is 5.71. The highest BCUT2D eigenvalue weighted by Crippen LogP contribution is 2.28. The summed E-state index contributed by atoms with van der Waals surface area (Å²) in [6.45, 7) is 8.36. The third-order valence-corrected chi connectivity index (χ3v) is 4.42. The molecule has 0 spiro atoms. The molecular formula is C19H30N2O3. The molecule has 3 unspecified atom stereocenters. The fourth-order valence-electron chi connectivity index (χ4n) is 3.21. The minimum Gasteiger partial charge on any atom is -0.508 e. The summed E-state index contributed by atoms with van der Waals surface area (Å²) in [7, 11) is 0. The van der Waals surface area contributed by atoms with E-state index in [1.165, 1.54) is 6.42 Å². The van der Waals surface area contributed by atoms with Crippen molar-refractivity contribution < 1.29 is 14.6 Å². The van der Waals surface area contributed by atoms with Gasteiger partial charge in [-0.25, -0.2) is 4.79 Å². The molecule has 0 aliphatic heterocycles. The van der Waals surface area contributed by atoms with Crippen molar-refractivity contribution in [3.8, 4) is 5.75 Å². The quantitative estimate of drug-likeness (QED) is 0.767. The van der Waals surface area contributed by atoms with Crippen LogP contribution < -0.4 is 10.6 Å². The maximum absolute atomic E-state index is 11.8. The van der Waals surface area contributed by atoms with Crippen LogP contribution in [-0.4, -0.2) is 29.4 Å². The lowest BCUT2D eigenvalue weighted by Crippen LogP contribution is -2.41. The first-order valence-electron chi connectivity index (χ1n) is 8.76. The van der Waals surface area contributed by atoms with Gasteiger partial charge < -0.3 is 20.5 Å². The Labute approximate surface area is 144 Å². The molecule has 1 aliphatic carbocycles. The molecule has 0 heterocycles. The van der Waals surface area contributed by atoms with Gasteiger partial charge in [-0.2, -0.15) is 0 Å². The summed E-state index contributed by atoms with van der Waals surface area (Å²) >= 11 is 0. The van der Waals surface area contributed by atoms with E-state index in [-0.39, 0.29) is 17.9 Å². The van der Waals surface area contributed by atoms with Gasteiger partial charge in [-0.05, 0) is 64.2 Å². The molecule has 3 atom stereocenters. The molecule has 0 saturated heterocycles. The lowest BCUT2D eigenvalue weighted by Gasteiger charge is -2.26. The number of phenolic OH excluding ortho intramolecular Hbond substituents is 1. The van der Waals surface area contributed by atoms with Gasteiger partial charge in [-0.15, -0.1) is 0 Å². The number of hydrogen-bond donors (Lipinski definition) is 3. The average molecular weight is 334 g/mol. The van der Waals surface area contributed by atoms with Gasteiger partial charge in [0.2, 0.25) is 0 Å². The fraction of sp³-hybridized carbons (Fsp3) is 0.632. The van der Waals surface area contributed by atoms with Gasteiger partial charge in [0, 0.05) is 18.6 Å². The first-order chi connectivity index (χ1) is 11.2. The number of carbonyl (C=O) groups is 1. The zero-order valence-corrected chi connectivity index (χ0v) is 15.1. The van der Waals surface area contributed by atoms with Crippen LogP contribution in [0.5, 0.6) is 5.75 Å². The summed E-state index contributed by atoms with van der Waals surface area (Å²) in [4.78, 5) is 11.8. The Morgan fingerprint density at radius 2 is 1.96 bits per heavy atom. The summed E-state index contributed by atoms with van der Waals surface area (Å²) < 4.78 is 5.30. The van der Waals surface area contributed by atoms with Gasteiger partial charge in [-0.1, -0.05) is 18.6 Å². The first-order valence-corrected chi connectivity index (χ1v) is 8.76. The number of carbonyl (C=O) groups excluding carboxylic acids is 1. The summed E-state index contributed by atoms with van der Waals surface area (Å²) in [5, 5.41) is 16.0. The zero-order chi connectivity index (χ0) is 17.7. The molecule has 1 aliphatic rings. The van der Waals surface area contributed by atoms with Gasteiger partial charge >= 0.3 is 6.09 Å². The molecule has 1 aromatic carbocycles. The summed E-state index contributed by atoms with van der Waals surface area (Å²) in [5.74, 6) is 0.698. The second-order valence-corrected chi connectivity index (χ2v) is 7.66. The van der Waals surface area contributed by atoms with Gasteiger partial charge in [0.05, 0.1) is 0 Å². The van der Waals surface area contributed by atoms with E-state index in [4.69, 9.17) is 4.74 Å². The molecule has 2 rings (SSSR count). The van der Waals surface area contributed by atoms with Crippen molar-refractivity contribution in [2.75, 3.05) is 6.54 Å². The topological polar surface area (TPSA) is 70.6 Å². The summed E-state index contributed by atoms with van der Waals surface area (Å²) in [5.41, 5.74) is 0.684. The van der Waals surface area contributed by atoms with Crippen LogP contribution in [-0.2, 0) is 4.74 Å². The zero-order valence-electron chi connectivity index (χ0n) is 15.1. The molecule has 134 valence electrons. The van der Waals surface area contributed by atoms with E-state index in [2.05, 4.69) is 17.6 Å². The van der Waals surface area contributed by atoms with Crippen LogP contribution >= 0.6 is 0 Å². The largest absolute Gasteiger partial charge is 0.508 e. The highest BCUT2D eigenvalue weighted by molar-refractivity contribution is 5.67. The van der Waals surface area contributed by atoms with E-state index in [1.807, 2.05) is 32.9 Å². The average Bonchev–Trinajstić information content (AvgIpc) is 2.91. The Hall–Kier alpha value is -1.75. The van der Waals surface area contributed by atoms with Crippen LogP contribution in [0.25, 0.3) is 0 Å². The number of nitrogens with one attached hydrogen (secondary N) is 2. The maximum atomic E-state index is 11.8. The number of benzene rings is 1. The molecule has 1 aromatic rings. The van der Waals surface area contributed by atoms with Crippen LogP contribution in [0.15, 0.2) is 24.3 Å². The number of phenols is 1. The molecular weight excluding hydrogens is 304 g/mol. The molecule has 5 nitrogen and oxygen atoms in total. The predicted octanol–water partition coefficient (Wildman–Crippen LogP) is 3.74. The lowest BCUT2D eigenvalue weighted by atomic mass is 10.0. The van der Waals surface area contributed by atoms with Crippen LogP contribution in [0.1, 0.15) is 58.6 Å². The van der Waals surface area contributed by atoms with Crippen LogP contribution in [0.2, 0.25) is 0 Å². The first kappa shape index (κ1) is 18.6. The van der Waals surface area contributed by atoms with Crippen molar-refractivity contribution in [1.82, 2.24) is 10.6 Å². The van der Waals surface area contributed by atoms with Crippen LogP contribution in [0.3, 0.4) is 0 Å². The Bertz CT molecular complexity index is 537. The third-order valence-electron chi connectivity index (χ3n) is 4.42. The van der Waals surface area contributed by atoms with Crippen molar-refractivity contribution >= 4 is 6.09 Å². The molecule has 3 N–H and O–H groups in total. The summed E-state index contributed by atoms with van der Waals surface area (Å²) in [6.07, 6.45) is 3.04. The molecule has 1 amide bonds. The second kappa shape index (κ2) is 7.88. The molecule has 0 radical (unpaired) electrons. The Balaban J connectivity index is 1.84. The van der Waals surface area contributed by atoms with Crippen molar-refractivity contribution in [3.63, 3.8) is 0 Å². The Kier molecular flexibility index (Phi) is 6.10. The SMILES string of the molecule is CC(NC1CCCC1CNC(=O)OC(C)(C)C)c1ccc(O)cc1. The van der Waals surface area contributed by atoms with E-state index in [9.17, 15) is 9.90 Å². The monoisotopic (exact) mass is 334 g/mol. The molecule has 5 heteroatoms. The van der Waals surface area contributed by atoms with E-state index < -0.39 is 5.60 Å². The van der Waals surface area contributed by atoms with Crippen molar-refractivity contribution in [2.45, 2.75) is 64.6 Å². The highest BCUT2D eigenvalue weighted by atomic mass is 16.6. The van der Waals surface area contributed by atoms with Gasteiger partial charge in [0.15, 0.2) is 0 Å². The number of rotatable bonds is 5. The van der Waals surface area contributed by atoms with Gasteiger partial charge in [0.1, 0.15) is 11.4 Å². The van der Waals surface area contributed by atoms with E-state index in [1.54, 1.807) is 12.1 Å². The van der Waals surface area contributed by atoms with E-state index >= 15 is 0 Å². The summed E-state index contributed by atoms with van der Waals surface area (Å²) in [6, 6.07) is 7.89. The number of aromatic hydroxyl groups is 1. The van der Waals surface area contributed by atoms with Crippen molar-refractivity contribution in [3.05, 3.63) is 29.8 Å². The fourth-order valence-corrected chi connectivity index (χ4v) is 3.21. The molecule has 24 heavy (non-hydrogen) atoms. The number of hydrogen-bond acceptors (Lipinski definition) is 4. The Morgan fingerprint density at radius 3 is 2.58 bits per heavy atom. The normalized spacial score (nSPS) is 22.2. The number of alkyl carbamates (subject to hydrolysis) is 1. The molecule has 0 bridgehead atoms. The maximum Gasteiger partial charge on any atom is 0.407 e. The van der Waals surface area contributed by atoms with Crippen molar-refractivity contribution in [2.24, 2.45) is 5.92 Å². The molecule has 1 fully saturated rings. The number of amides is 1. The smallest absolute Gasteiger partial charge is 0.407 e. The molecule has 0 aromatic heterocycles. The van der Waals surface area contributed by atoms with Crippen LogP contribution in [0.4, 0.5) is 4.79 Å². The molecule has 1 saturated carbocycles. The lowest BCUT2D eigenvalue weighted by molar-refractivity contribution is 0.0517. The van der Waals surface area contributed by atoms with Gasteiger partial charge in [-0.3, -0.25) is 0 Å². The van der Waals surface area contributed by atoms with E-state index in [0.29, 0.717) is 18.5 Å². The Morgan fingerprint density at radius 1 is 1.29 bits per heavy atom. The standard InChI is InChI=1S/C19H30N2O3/c1-13(14-8-10-16(22)11-9-14)21-17-7-5-6-15(17)12-20-18(23)24-19(2,3)4/h8-11,13,15,17,21-22H,5-7,12H2,1-4H3,(H,20,23). The minimum absolute atomic E-state index is 0.206. The van der Waals surface area contributed by atoms with E-state index in [0.717, 1.165) is 18.4 Å². The predicted molar refractivity (Wildman–Crippen MR) is 95.0 cm³/mol. The van der Waals surface area contributed by atoms with Gasteiger partial charge in [0.25, 0.3) is 0 Å². The van der Waals surface area contributed by atoms with Crippen LogP contribution in [0, 0.1) is 5.92 Å². The number of ether oxygens (including phenoxy) is 1. The highest BCUT2D eigenvalue weighted by Gasteiger charge is 2.29.